The van der Waals surface area contributed by atoms with Gasteiger partial charge in [0, 0.05) is 24.6 Å². The predicted molar refractivity (Wildman–Crippen MR) is 66.5 cm³/mol. The molecule has 1 aliphatic rings. The fourth-order valence-electron chi connectivity index (χ4n) is 2.06. The molecule has 0 unspecified atom stereocenters. The molecule has 0 amide bonds. The molecule has 3 N–H and O–H groups in total. The van der Waals surface area contributed by atoms with Gasteiger partial charge in [0.05, 0.1) is 19.1 Å². The zero-order valence-electron chi connectivity index (χ0n) is 10.3. The molecule has 2 rings (SSSR count). The molecule has 0 spiro atoms. The van der Waals surface area contributed by atoms with Crippen molar-refractivity contribution in [3.8, 4) is 11.5 Å². The Kier molecular flexibility index (Phi) is 3.47. The summed E-state index contributed by atoms with van der Waals surface area (Å²) in [5.74, 6) is 1.02. The lowest BCUT2D eigenvalue weighted by molar-refractivity contribution is 0.338. The molecule has 0 aliphatic carbocycles. The summed E-state index contributed by atoms with van der Waals surface area (Å²) in [6.45, 7) is 1.40. The van der Waals surface area contributed by atoms with Crippen LogP contribution in [-0.4, -0.2) is 35.7 Å². The van der Waals surface area contributed by atoms with Crippen LogP contribution in [-0.2, 0) is 10.0 Å². The molecule has 0 bridgehead atoms. The van der Waals surface area contributed by atoms with Crippen LogP contribution in [0.1, 0.15) is 11.5 Å². The summed E-state index contributed by atoms with van der Waals surface area (Å²) in [6, 6.07) is 3.01. The van der Waals surface area contributed by atoms with Crippen LogP contribution in [0.25, 0.3) is 0 Å². The number of hydrogen-bond acceptors (Lipinski definition) is 5. The molecule has 1 aliphatic heterocycles. The topological polar surface area (TPSA) is 90.7 Å². The van der Waals surface area contributed by atoms with Crippen LogP contribution >= 0.6 is 0 Å². The molecule has 0 atom stereocenters. The van der Waals surface area contributed by atoms with Crippen LogP contribution < -0.4 is 19.9 Å². The van der Waals surface area contributed by atoms with Crippen LogP contribution in [0, 0.1) is 0 Å². The molecule has 0 saturated carbocycles. The smallest absolute Gasteiger partial charge is 0.238 e. The highest BCUT2D eigenvalue weighted by Crippen LogP contribution is 2.40. The van der Waals surface area contributed by atoms with Crippen molar-refractivity contribution in [1.82, 2.24) is 5.32 Å². The molecular formula is C11H16N2O4S. The first-order valence-electron chi connectivity index (χ1n) is 5.47. The van der Waals surface area contributed by atoms with Gasteiger partial charge in [-0.25, -0.2) is 13.6 Å². The van der Waals surface area contributed by atoms with E-state index in [1.807, 2.05) is 0 Å². The summed E-state index contributed by atoms with van der Waals surface area (Å²) in [5, 5.41) is 8.34. The standard InChI is InChI=1S/C11H16N2O4S/c1-16-8-3-4-9(18(12,14)15)10(11(8)17-2)7-5-13-6-7/h3-4,7,13H,5-6H2,1-2H3,(H2,12,14,15). The summed E-state index contributed by atoms with van der Waals surface area (Å²) in [4.78, 5) is 0.103. The maximum atomic E-state index is 11.6. The van der Waals surface area contributed by atoms with Gasteiger partial charge in [0.15, 0.2) is 11.5 Å². The number of hydrogen-bond donors (Lipinski definition) is 2. The van der Waals surface area contributed by atoms with Crippen molar-refractivity contribution in [3.05, 3.63) is 17.7 Å². The molecule has 1 aromatic rings. The number of nitrogens with two attached hydrogens (primary N) is 1. The second-order valence-corrected chi connectivity index (χ2v) is 5.64. The van der Waals surface area contributed by atoms with Gasteiger partial charge in [0.25, 0.3) is 0 Å². The van der Waals surface area contributed by atoms with Crippen molar-refractivity contribution in [2.75, 3.05) is 27.3 Å². The Balaban J connectivity index is 2.67. The molecule has 100 valence electrons. The summed E-state index contributed by atoms with van der Waals surface area (Å²) >= 11 is 0. The second kappa shape index (κ2) is 4.75. The highest BCUT2D eigenvalue weighted by molar-refractivity contribution is 7.89. The van der Waals surface area contributed by atoms with E-state index < -0.39 is 10.0 Å². The number of rotatable bonds is 4. The van der Waals surface area contributed by atoms with E-state index in [4.69, 9.17) is 14.6 Å². The molecule has 1 heterocycles. The Morgan fingerprint density at radius 1 is 1.28 bits per heavy atom. The fourth-order valence-corrected chi connectivity index (χ4v) is 2.88. The zero-order chi connectivity index (χ0) is 13.3. The molecule has 0 aromatic heterocycles. The Hall–Kier alpha value is -1.31. The first kappa shape index (κ1) is 13.1. The Bertz CT molecular complexity index is 552. The third-order valence-corrected chi connectivity index (χ3v) is 4.01. The predicted octanol–water partition coefficient (Wildman–Crippen LogP) is 0.0380. The SMILES string of the molecule is COc1ccc(S(N)(=O)=O)c(C2CNC2)c1OC. The Morgan fingerprint density at radius 2 is 1.94 bits per heavy atom. The summed E-state index contributed by atoms with van der Waals surface area (Å²) in [5.41, 5.74) is 0.595. The third kappa shape index (κ3) is 2.16. The maximum absolute atomic E-state index is 11.6. The number of benzene rings is 1. The first-order valence-corrected chi connectivity index (χ1v) is 7.02. The minimum absolute atomic E-state index is 0.0726. The highest BCUT2D eigenvalue weighted by atomic mass is 32.2. The lowest BCUT2D eigenvalue weighted by atomic mass is 9.92. The normalized spacial score (nSPS) is 16.2. The van der Waals surface area contributed by atoms with Crippen molar-refractivity contribution >= 4 is 10.0 Å². The van der Waals surface area contributed by atoms with Crippen molar-refractivity contribution in [3.63, 3.8) is 0 Å². The van der Waals surface area contributed by atoms with E-state index in [2.05, 4.69) is 5.32 Å². The van der Waals surface area contributed by atoms with E-state index in [-0.39, 0.29) is 10.8 Å². The van der Waals surface area contributed by atoms with Crippen LogP contribution in [0.2, 0.25) is 0 Å². The fraction of sp³-hybridized carbons (Fsp3) is 0.455. The van der Waals surface area contributed by atoms with Crippen molar-refractivity contribution in [2.45, 2.75) is 10.8 Å². The zero-order valence-corrected chi connectivity index (χ0v) is 11.1. The average Bonchev–Trinajstić information content (AvgIpc) is 2.24. The Morgan fingerprint density at radius 3 is 2.33 bits per heavy atom. The van der Waals surface area contributed by atoms with Gasteiger partial charge < -0.3 is 14.8 Å². The third-order valence-electron chi connectivity index (χ3n) is 3.04. The van der Waals surface area contributed by atoms with E-state index in [0.29, 0.717) is 30.2 Å². The molecule has 18 heavy (non-hydrogen) atoms. The average molecular weight is 272 g/mol. The van der Waals surface area contributed by atoms with Gasteiger partial charge in [0.1, 0.15) is 0 Å². The number of methoxy groups -OCH3 is 2. The number of ether oxygens (including phenoxy) is 2. The van der Waals surface area contributed by atoms with Crippen LogP contribution in [0.4, 0.5) is 0 Å². The summed E-state index contributed by atoms with van der Waals surface area (Å²) in [6.07, 6.45) is 0. The second-order valence-electron chi connectivity index (χ2n) is 4.11. The van der Waals surface area contributed by atoms with Crippen molar-refractivity contribution in [1.29, 1.82) is 0 Å². The molecule has 6 nitrogen and oxygen atoms in total. The molecule has 0 radical (unpaired) electrons. The van der Waals surface area contributed by atoms with Gasteiger partial charge in [-0.3, -0.25) is 0 Å². The van der Waals surface area contributed by atoms with Gasteiger partial charge in [-0.1, -0.05) is 0 Å². The van der Waals surface area contributed by atoms with Crippen molar-refractivity contribution < 1.29 is 17.9 Å². The molecule has 1 aromatic carbocycles. The van der Waals surface area contributed by atoms with E-state index in [9.17, 15) is 8.42 Å². The highest BCUT2D eigenvalue weighted by Gasteiger charge is 2.30. The van der Waals surface area contributed by atoms with Gasteiger partial charge in [-0.05, 0) is 12.1 Å². The van der Waals surface area contributed by atoms with Gasteiger partial charge in [0.2, 0.25) is 10.0 Å². The molecule has 7 heteroatoms. The molecule has 1 saturated heterocycles. The quantitative estimate of drug-likeness (QED) is 0.807. The maximum Gasteiger partial charge on any atom is 0.238 e. The van der Waals surface area contributed by atoms with E-state index in [1.54, 1.807) is 6.07 Å². The van der Waals surface area contributed by atoms with Crippen LogP contribution in [0.15, 0.2) is 17.0 Å². The lowest BCUT2D eigenvalue weighted by Gasteiger charge is -2.30. The number of primary sulfonamides is 1. The minimum Gasteiger partial charge on any atom is -0.493 e. The monoisotopic (exact) mass is 272 g/mol. The summed E-state index contributed by atoms with van der Waals surface area (Å²) in [7, 11) is -0.778. The van der Waals surface area contributed by atoms with Crippen LogP contribution in [0.3, 0.4) is 0 Å². The van der Waals surface area contributed by atoms with Gasteiger partial charge in [-0.15, -0.1) is 0 Å². The Labute approximate surface area is 106 Å². The summed E-state index contributed by atoms with van der Waals surface area (Å²) < 4.78 is 33.7. The van der Waals surface area contributed by atoms with Crippen molar-refractivity contribution in [2.24, 2.45) is 5.14 Å². The molecular weight excluding hydrogens is 256 g/mol. The first-order chi connectivity index (χ1) is 8.49. The lowest BCUT2D eigenvalue weighted by Crippen LogP contribution is -2.41. The largest absolute Gasteiger partial charge is 0.493 e. The van der Waals surface area contributed by atoms with Crippen LogP contribution in [0.5, 0.6) is 11.5 Å². The van der Waals surface area contributed by atoms with E-state index >= 15 is 0 Å². The van der Waals surface area contributed by atoms with E-state index in [1.165, 1.54) is 20.3 Å². The van der Waals surface area contributed by atoms with E-state index in [0.717, 1.165) is 0 Å². The molecule has 1 fully saturated rings. The number of sulfonamides is 1. The minimum atomic E-state index is -3.78. The van der Waals surface area contributed by atoms with Gasteiger partial charge >= 0.3 is 0 Å². The van der Waals surface area contributed by atoms with Gasteiger partial charge in [-0.2, -0.15) is 0 Å². The number of nitrogens with one attached hydrogen (secondary N) is 1.